The standard InChI is InChI=1S/C28H21N3O4S/c1-2-34-25-13-19(11-12-24(25)35-18-23-10-6-4-8-21(23)16-30)14-26-27(32)31(28(33)36-26)17-22-9-5-3-7-20(22)15-29/h3-14H,2,17-18H2,1H3/b26-14+. The van der Waals surface area contributed by atoms with Crippen LogP contribution in [-0.4, -0.2) is 22.7 Å². The highest BCUT2D eigenvalue weighted by Crippen LogP contribution is 2.36. The highest BCUT2D eigenvalue weighted by Gasteiger charge is 2.35. The van der Waals surface area contributed by atoms with Crippen LogP contribution in [0.15, 0.2) is 71.6 Å². The summed E-state index contributed by atoms with van der Waals surface area (Å²) in [6.45, 7) is 2.49. The van der Waals surface area contributed by atoms with Crippen LogP contribution in [-0.2, 0) is 17.9 Å². The summed E-state index contributed by atoms with van der Waals surface area (Å²) in [5.41, 5.74) is 3.01. The smallest absolute Gasteiger partial charge is 0.293 e. The number of thioether (sulfide) groups is 1. The van der Waals surface area contributed by atoms with Crippen LogP contribution < -0.4 is 9.47 Å². The van der Waals surface area contributed by atoms with E-state index in [-0.39, 0.29) is 23.3 Å². The lowest BCUT2D eigenvalue weighted by Gasteiger charge is -2.14. The van der Waals surface area contributed by atoms with Crippen LogP contribution in [0.3, 0.4) is 0 Å². The van der Waals surface area contributed by atoms with E-state index in [0.29, 0.717) is 40.4 Å². The van der Waals surface area contributed by atoms with Gasteiger partial charge in [-0.15, -0.1) is 0 Å². The first-order valence-corrected chi connectivity index (χ1v) is 12.0. The molecule has 0 atom stereocenters. The summed E-state index contributed by atoms with van der Waals surface area (Å²) >= 11 is 0.857. The molecule has 2 amide bonds. The van der Waals surface area contributed by atoms with Gasteiger partial charge in [-0.05, 0) is 60.2 Å². The van der Waals surface area contributed by atoms with Crippen LogP contribution in [0.4, 0.5) is 4.79 Å². The molecule has 0 unspecified atom stereocenters. The third kappa shape index (κ3) is 5.41. The molecule has 1 aliphatic rings. The van der Waals surface area contributed by atoms with Crippen molar-refractivity contribution in [3.8, 4) is 23.6 Å². The molecule has 8 heteroatoms. The molecular formula is C28H21N3O4S. The summed E-state index contributed by atoms with van der Waals surface area (Å²) in [7, 11) is 0. The molecule has 178 valence electrons. The number of hydrogen-bond donors (Lipinski definition) is 0. The Labute approximate surface area is 213 Å². The van der Waals surface area contributed by atoms with Gasteiger partial charge in [0.15, 0.2) is 11.5 Å². The first-order chi connectivity index (χ1) is 17.5. The third-order valence-corrected chi connectivity index (χ3v) is 6.33. The van der Waals surface area contributed by atoms with Crippen molar-refractivity contribution in [3.63, 3.8) is 0 Å². The van der Waals surface area contributed by atoms with Gasteiger partial charge in [-0.2, -0.15) is 10.5 Å². The Balaban J connectivity index is 1.53. The minimum Gasteiger partial charge on any atom is -0.490 e. The topological polar surface area (TPSA) is 103 Å². The zero-order valence-corrected chi connectivity index (χ0v) is 20.2. The third-order valence-electron chi connectivity index (χ3n) is 5.43. The van der Waals surface area contributed by atoms with Gasteiger partial charge in [-0.3, -0.25) is 14.5 Å². The van der Waals surface area contributed by atoms with Gasteiger partial charge < -0.3 is 9.47 Å². The Kier molecular flexibility index (Phi) is 7.69. The predicted octanol–water partition coefficient (Wildman–Crippen LogP) is 5.64. The average molecular weight is 496 g/mol. The van der Waals surface area contributed by atoms with Crippen molar-refractivity contribution in [1.82, 2.24) is 4.90 Å². The Bertz CT molecular complexity index is 1440. The van der Waals surface area contributed by atoms with Gasteiger partial charge >= 0.3 is 0 Å². The summed E-state index contributed by atoms with van der Waals surface area (Å²) in [6, 6.07) is 23.6. The molecule has 4 rings (SSSR count). The van der Waals surface area contributed by atoms with Crippen molar-refractivity contribution in [2.24, 2.45) is 0 Å². The summed E-state index contributed by atoms with van der Waals surface area (Å²) < 4.78 is 11.7. The van der Waals surface area contributed by atoms with Crippen LogP contribution in [0.2, 0.25) is 0 Å². The SMILES string of the molecule is CCOc1cc(/C=C2/SC(=O)N(Cc3ccccc3C#N)C2=O)ccc1OCc1ccccc1C#N. The molecule has 0 saturated carbocycles. The fraction of sp³-hybridized carbons (Fsp3) is 0.143. The van der Waals surface area contributed by atoms with E-state index in [1.807, 2.05) is 19.1 Å². The van der Waals surface area contributed by atoms with Crippen LogP contribution in [0.1, 0.15) is 34.7 Å². The Morgan fingerprint density at radius 2 is 1.56 bits per heavy atom. The van der Waals surface area contributed by atoms with Gasteiger partial charge in [0.1, 0.15) is 6.61 Å². The number of rotatable bonds is 8. The van der Waals surface area contributed by atoms with E-state index in [1.165, 1.54) is 0 Å². The number of imide groups is 1. The number of benzene rings is 3. The molecule has 1 fully saturated rings. The largest absolute Gasteiger partial charge is 0.490 e. The van der Waals surface area contributed by atoms with Crippen molar-refractivity contribution in [2.75, 3.05) is 6.61 Å². The van der Waals surface area contributed by atoms with Crippen molar-refractivity contribution in [3.05, 3.63) is 99.5 Å². The zero-order valence-electron chi connectivity index (χ0n) is 19.4. The van der Waals surface area contributed by atoms with E-state index < -0.39 is 5.91 Å². The van der Waals surface area contributed by atoms with E-state index in [4.69, 9.17) is 9.47 Å². The zero-order chi connectivity index (χ0) is 25.5. The lowest BCUT2D eigenvalue weighted by Crippen LogP contribution is -2.27. The Morgan fingerprint density at radius 1 is 0.889 bits per heavy atom. The molecule has 3 aromatic carbocycles. The van der Waals surface area contributed by atoms with Gasteiger partial charge in [0.2, 0.25) is 0 Å². The normalized spacial score (nSPS) is 14.0. The summed E-state index contributed by atoms with van der Waals surface area (Å²) in [6.07, 6.45) is 1.64. The highest BCUT2D eigenvalue weighted by atomic mass is 32.2. The minimum atomic E-state index is -0.413. The maximum absolute atomic E-state index is 13.0. The van der Waals surface area contributed by atoms with E-state index in [2.05, 4.69) is 12.1 Å². The van der Waals surface area contributed by atoms with Crippen LogP contribution in [0.25, 0.3) is 6.08 Å². The van der Waals surface area contributed by atoms with Crippen LogP contribution in [0, 0.1) is 22.7 Å². The van der Waals surface area contributed by atoms with E-state index in [1.54, 1.807) is 60.7 Å². The van der Waals surface area contributed by atoms with Gasteiger partial charge in [-0.1, -0.05) is 42.5 Å². The monoisotopic (exact) mass is 495 g/mol. The van der Waals surface area contributed by atoms with Crippen LogP contribution >= 0.6 is 11.8 Å². The van der Waals surface area contributed by atoms with Crippen molar-refractivity contribution < 1.29 is 19.1 Å². The second kappa shape index (κ2) is 11.3. The molecule has 0 aliphatic carbocycles. The molecule has 0 aromatic heterocycles. The number of hydrogen-bond acceptors (Lipinski definition) is 7. The molecule has 1 heterocycles. The van der Waals surface area contributed by atoms with Crippen molar-refractivity contribution in [1.29, 1.82) is 10.5 Å². The van der Waals surface area contributed by atoms with Crippen molar-refractivity contribution in [2.45, 2.75) is 20.1 Å². The van der Waals surface area contributed by atoms with Gasteiger partial charge in [-0.25, -0.2) is 0 Å². The number of amides is 2. The van der Waals surface area contributed by atoms with Gasteiger partial charge in [0.25, 0.3) is 11.1 Å². The fourth-order valence-electron chi connectivity index (χ4n) is 3.64. The average Bonchev–Trinajstić information content (AvgIpc) is 3.16. The second-order valence-electron chi connectivity index (χ2n) is 7.73. The molecule has 0 spiro atoms. The first-order valence-electron chi connectivity index (χ1n) is 11.1. The summed E-state index contributed by atoms with van der Waals surface area (Å²) in [5.74, 6) is 0.579. The molecular weight excluding hydrogens is 474 g/mol. The molecule has 0 bridgehead atoms. The van der Waals surface area contributed by atoms with Gasteiger partial charge in [0.05, 0.1) is 41.3 Å². The minimum absolute atomic E-state index is 0.0346. The number of ether oxygens (including phenoxy) is 2. The predicted molar refractivity (Wildman–Crippen MR) is 136 cm³/mol. The molecule has 1 aliphatic heterocycles. The fourth-order valence-corrected chi connectivity index (χ4v) is 4.48. The molecule has 0 N–H and O–H groups in total. The maximum atomic E-state index is 13.0. The molecule has 7 nitrogen and oxygen atoms in total. The van der Waals surface area contributed by atoms with Crippen molar-refractivity contribution >= 4 is 29.0 Å². The first kappa shape index (κ1) is 24.6. The molecule has 3 aromatic rings. The van der Waals surface area contributed by atoms with E-state index in [9.17, 15) is 20.1 Å². The molecule has 0 radical (unpaired) electrons. The number of carbonyl (C=O) groups is 2. The van der Waals surface area contributed by atoms with Crippen LogP contribution in [0.5, 0.6) is 11.5 Å². The Morgan fingerprint density at radius 3 is 2.25 bits per heavy atom. The summed E-state index contributed by atoms with van der Waals surface area (Å²) in [5, 5.41) is 18.2. The lowest BCUT2D eigenvalue weighted by molar-refractivity contribution is -0.123. The quantitative estimate of drug-likeness (QED) is 0.372. The highest BCUT2D eigenvalue weighted by molar-refractivity contribution is 8.18. The van der Waals surface area contributed by atoms with E-state index in [0.717, 1.165) is 22.2 Å². The number of carbonyl (C=O) groups excluding carboxylic acids is 2. The van der Waals surface area contributed by atoms with E-state index >= 15 is 0 Å². The molecule has 36 heavy (non-hydrogen) atoms. The number of nitrogens with zero attached hydrogens (tertiary/aromatic N) is 3. The maximum Gasteiger partial charge on any atom is 0.293 e. The Hall–Kier alpha value is -4.53. The lowest BCUT2D eigenvalue weighted by atomic mass is 10.1. The van der Waals surface area contributed by atoms with Gasteiger partial charge in [0, 0.05) is 5.56 Å². The summed E-state index contributed by atoms with van der Waals surface area (Å²) in [4.78, 5) is 27.0. The molecule has 1 saturated heterocycles. The second-order valence-corrected chi connectivity index (χ2v) is 8.73. The number of nitriles is 2.